The number of hydrogen-bond donors (Lipinski definition) is 1. The molecule has 0 saturated carbocycles. The number of imidazole rings is 1. The van der Waals surface area contributed by atoms with E-state index >= 15 is 0 Å². The standard InChI is InChI=1S/C36H37N5O4/c1-26(2)19-31(38-35(42)20-33-21-37-25-40(33)22-27-15-17-32(18-16-27)41(44)45)24-39(36(43)29-10-4-3-5-11-29)23-30-13-8-12-28-9-6-7-14-34(28)30/h3-18,21,25-26,31H,19-20,22-24H2,1-2H3,(H,38,42)/t31-/m0/s1. The van der Waals surface area contributed by atoms with Crippen LogP contribution in [0.2, 0.25) is 0 Å². The number of carbonyl (C=O) groups excluding carboxylic acids is 2. The molecule has 1 aromatic heterocycles. The van der Waals surface area contributed by atoms with E-state index < -0.39 is 4.92 Å². The maximum absolute atomic E-state index is 13.9. The second kappa shape index (κ2) is 14.4. The van der Waals surface area contributed by atoms with Crippen molar-refractivity contribution in [3.05, 3.63) is 142 Å². The molecular formula is C36H37N5O4. The summed E-state index contributed by atoms with van der Waals surface area (Å²) in [4.78, 5) is 44.0. The third-order valence-corrected chi connectivity index (χ3v) is 7.75. The molecule has 0 fully saturated rings. The number of non-ortho nitro benzene ring substituents is 1. The Morgan fingerprint density at radius 3 is 2.38 bits per heavy atom. The first-order valence-electron chi connectivity index (χ1n) is 15.1. The molecule has 0 aliphatic heterocycles. The van der Waals surface area contributed by atoms with Crippen molar-refractivity contribution in [3.8, 4) is 0 Å². The fourth-order valence-electron chi connectivity index (χ4n) is 5.63. The molecule has 9 nitrogen and oxygen atoms in total. The van der Waals surface area contributed by atoms with Crippen molar-refractivity contribution in [1.82, 2.24) is 19.8 Å². The van der Waals surface area contributed by atoms with E-state index in [4.69, 9.17) is 0 Å². The highest BCUT2D eigenvalue weighted by Crippen LogP contribution is 2.22. The van der Waals surface area contributed by atoms with Gasteiger partial charge in [0.05, 0.1) is 17.7 Å². The Balaban J connectivity index is 1.33. The van der Waals surface area contributed by atoms with E-state index in [9.17, 15) is 19.7 Å². The monoisotopic (exact) mass is 603 g/mol. The quantitative estimate of drug-likeness (QED) is 0.124. The SMILES string of the molecule is CC(C)C[C@@H](CN(Cc1cccc2ccccc12)C(=O)c1ccccc1)NC(=O)Cc1cncn1Cc1ccc([N+](=O)[O-])cc1. The smallest absolute Gasteiger partial charge is 0.269 e. The molecule has 1 N–H and O–H groups in total. The number of fused-ring (bicyclic) bond motifs is 1. The number of benzene rings is 4. The zero-order chi connectivity index (χ0) is 31.8. The van der Waals surface area contributed by atoms with Gasteiger partial charge in [0.25, 0.3) is 11.6 Å². The summed E-state index contributed by atoms with van der Waals surface area (Å²) in [6, 6.07) is 29.6. The number of amides is 2. The lowest BCUT2D eigenvalue weighted by atomic mass is 10.0. The molecule has 0 unspecified atom stereocenters. The van der Waals surface area contributed by atoms with Crippen LogP contribution >= 0.6 is 0 Å². The minimum atomic E-state index is -0.430. The summed E-state index contributed by atoms with van der Waals surface area (Å²) in [5, 5.41) is 16.4. The average molecular weight is 604 g/mol. The van der Waals surface area contributed by atoms with Crippen molar-refractivity contribution in [3.63, 3.8) is 0 Å². The summed E-state index contributed by atoms with van der Waals surface area (Å²) < 4.78 is 1.87. The van der Waals surface area contributed by atoms with Crippen LogP contribution in [0.25, 0.3) is 10.8 Å². The van der Waals surface area contributed by atoms with Crippen LogP contribution in [-0.4, -0.2) is 43.8 Å². The normalized spacial score (nSPS) is 11.8. The van der Waals surface area contributed by atoms with E-state index in [1.54, 1.807) is 24.7 Å². The molecule has 0 aliphatic rings. The topological polar surface area (TPSA) is 110 Å². The highest BCUT2D eigenvalue weighted by Gasteiger charge is 2.24. The molecule has 9 heteroatoms. The van der Waals surface area contributed by atoms with Crippen molar-refractivity contribution in [2.24, 2.45) is 5.92 Å². The maximum Gasteiger partial charge on any atom is 0.269 e. The molecule has 0 aliphatic carbocycles. The van der Waals surface area contributed by atoms with Gasteiger partial charge in [-0.1, -0.05) is 86.6 Å². The molecule has 1 heterocycles. The van der Waals surface area contributed by atoms with Gasteiger partial charge in [0.1, 0.15) is 0 Å². The molecule has 0 spiro atoms. The van der Waals surface area contributed by atoms with Gasteiger partial charge in [0.2, 0.25) is 5.91 Å². The Bertz CT molecular complexity index is 1760. The van der Waals surface area contributed by atoms with Crippen molar-refractivity contribution in [1.29, 1.82) is 0 Å². The molecular weight excluding hydrogens is 566 g/mol. The van der Waals surface area contributed by atoms with Crippen LogP contribution in [0.5, 0.6) is 0 Å². The van der Waals surface area contributed by atoms with Gasteiger partial charge in [-0.25, -0.2) is 4.98 Å². The molecule has 45 heavy (non-hydrogen) atoms. The minimum Gasteiger partial charge on any atom is -0.351 e. The van der Waals surface area contributed by atoms with Gasteiger partial charge < -0.3 is 14.8 Å². The molecule has 230 valence electrons. The third kappa shape index (κ3) is 8.20. The number of nitrogens with zero attached hydrogens (tertiary/aromatic N) is 4. The number of hydrogen-bond acceptors (Lipinski definition) is 5. The van der Waals surface area contributed by atoms with Gasteiger partial charge in [0.15, 0.2) is 0 Å². The lowest BCUT2D eigenvalue weighted by Gasteiger charge is -2.30. The van der Waals surface area contributed by atoms with E-state index in [0.717, 1.165) is 27.6 Å². The molecule has 0 bridgehead atoms. The van der Waals surface area contributed by atoms with E-state index in [2.05, 4.69) is 48.4 Å². The molecule has 5 aromatic rings. The first-order chi connectivity index (χ1) is 21.8. The van der Waals surface area contributed by atoms with Crippen LogP contribution in [0.3, 0.4) is 0 Å². The second-order valence-corrected chi connectivity index (χ2v) is 11.7. The number of nitrogens with one attached hydrogen (secondary N) is 1. The van der Waals surface area contributed by atoms with Gasteiger partial charge in [-0.15, -0.1) is 0 Å². The van der Waals surface area contributed by atoms with Crippen molar-refractivity contribution in [2.75, 3.05) is 6.54 Å². The zero-order valence-corrected chi connectivity index (χ0v) is 25.5. The lowest BCUT2D eigenvalue weighted by molar-refractivity contribution is -0.384. The summed E-state index contributed by atoms with van der Waals surface area (Å²) in [6.07, 6.45) is 4.12. The Labute approximate surface area is 262 Å². The third-order valence-electron chi connectivity index (χ3n) is 7.75. The Kier molecular flexibility index (Phi) is 9.99. The van der Waals surface area contributed by atoms with Gasteiger partial charge in [-0.3, -0.25) is 19.7 Å². The van der Waals surface area contributed by atoms with Crippen LogP contribution < -0.4 is 5.32 Å². The fraction of sp³-hybridized carbons (Fsp3) is 0.250. The van der Waals surface area contributed by atoms with E-state index in [-0.39, 0.29) is 35.9 Å². The maximum atomic E-state index is 13.9. The second-order valence-electron chi connectivity index (χ2n) is 11.7. The molecule has 1 atom stereocenters. The van der Waals surface area contributed by atoms with Crippen LogP contribution in [-0.2, 0) is 24.3 Å². The van der Waals surface area contributed by atoms with Crippen molar-refractivity contribution < 1.29 is 14.5 Å². The zero-order valence-electron chi connectivity index (χ0n) is 25.5. The predicted molar refractivity (Wildman–Crippen MR) is 175 cm³/mol. The summed E-state index contributed by atoms with van der Waals surface area (Å²) in [7, 11) is 0. The summed E-state index contributed by atoms with van der Waals surface area (Å²) in [5.74, 6) is 0.0327. The van der Waals surface area contributed by atoms with Crippen LogP contribution in [0.15, 0.2) is 110 Å². The highest BCUT2D eigenvalue weighted by molar-refractivity contribution is 5.94. The highest BCUT2D eigenvalue weighted by atomic mass is 16.6. The van der Waals surface area contributed by atoms with E-state index in [0.29, 0.717) is 31.6 Å². The van der Waals surface area contributed by atoms with Crippen LogP contribution in [0, 0.1) is 16.0 Å². The number of aromatic nitrogens is 2. The van der Waals surface area contributed by atoms with Gasteiger partial charge in [-0.2, -0.15) is 0 Å². The lowest BCUT2D eigenvalue weighted by Crippen LogP contribution is -2.46. The Morgan fingerprint density at radius 2 is 1.64 bits per heavy atom. The van der Waals surface area contributed by atoms with Gasteiger partial charge in [-0.05, 0) is 46.4 Å². The van der Waals surface area contributed by atoms with Gasteiger partial charge >= 0.3 is 0 Å². The van der Waals surface area contributed by atoms with Crippen molar-refractivity contribution >= 4 is 28.3 Å². The van der Waals surface area contributed by atoms with Gasteiger partial charge in [0, 0.05) is 55.3 Å². The van der Waals surface area contributed by atoms with E-state index in [1.165, 1.54) is 12.1 Å². The fourth-order valence-corrected chi connectivity index (χ4v) is 5.63. The molecule has 2 amide bonds. The molecule has 4 aromatic carbocycles. The minimum absolute atomic E-state index is 0.0282. The van der Waals surface area contributed by atoms with Crippen LogP contribution in [0.1, 0.15) is 47.4 Å². The van der Waals surface area contributed by atoms with Crippen molar-refractivity contribution in [2.45, 2.75) is 45.8 Å². The predicted octanol–water partition coefficient (Wildman–Crippen LogP) is 6.41. The first-order valence-corrected chi connectivity index (χ1v) is 15.1. The number of carbonyl (C=O) groups is 2. The molecule has 5 rings (SSSR count). The number of nitro benzene ring substituents is 1. The average Bonchev–Trinajstić information content (AvgIpc) is 3.46. The first kappa shape index (κ1) is 31.1. The largest absolute Gasteiger partial charge is 0.351 e. The van der Waals surface area contributed by atoms with Crippen LogP contribution in [0.4, 0.5) is 5.69 Å². The Hall–Kier alpha value is -5.31. The Morgan fingerprint density at radius 1 is 0.933 bits per heavy atom. The molecule has 0 saturated heterocycles. The number of nitro groups is 1. The summed E-state index contributed by atoms with van der Waals surface area (Å²) in [5.41, 5.74) is 3.26. The van der Waals surface area contributed by atoms with E-state index in [1.807, 2.05) is 58.0 Å². The molecule has 0 radical (unpaired) electrons. The summed E-state index contributed by atoms with van der Waals surface area (Å²) >= 11 is 0. The summed E-state index contributed by atoms with van der Waals surface area (Å²) in [6.45, 7) is 5.39. The number of rotatable bonds is 13.